The third kappa shape index (κ3) is 2.33. The maximum atomic E-state index is 9.33. The van der Waals surface area contributed by atoms with Gasteiger partial charge in [0.25, 0.3) is 0 Å². The van der Waals surface area contributed by atoms with Gasteiger partial charge < -0.3 is 11.7 Å². The Balaban J connectivity index is 0.00000128. The smallest absolute Gasteiger partial charge is 0.0459 e. The molecule has 1 radical (unpaired) electrons. The third-order valence-electron chi connectivity index (χ3n) is 5.01. The van der Waals surface area contributed by atoms with Crippen LogP contribution in [0.3, 0.4) is 0 Å². The molecular weight excluding hydrogens is 273 g/mol. The van der Waals surface area contributed by atoms with Crippen molar-refractivity contribution in [3.63, 3.8) is 0 Å². The molecule has 2 fully saturated rings. The number of fused-ring (bicyclic) bond motifs is 1. The first kappa shape index (κ1) is 14.9. The topological polar surface area (TPSA) is 20.2 Å². The van der Waals surface area contributed by atoms with Crippen molar-refractivity contribution in [2.75, 3.05) is 6.61 Å². The fourth-order valence-corrected chi connectivity index (χ4v) is 4.14. The largest absolute Gasteiger partial charge is 0.514 e. The molecule has 4 atom stereocenters. The summed E-state index contributed by atoms with van der Waals surface area (Å²) in [6, 6.07) is 0. The van der Waals surface area contributed by atoms with Gasteiger partial charge in [-0.05, 0) is 42.4 Å². The first-order chi connectivity index (χ1) is 7.09. The average molecular weight is 296 g/mol. The van der Waals surface area contributed by atoms with Crippen molar-refractivity contribution in [3.05, 3.63) is 12.2 Å². The van der Waals surface area contributed by atoms with E-state index in [1.165, 1.54) is 31.3 Å². The normalized spacial score (nSPS) is 40.1. The van der Waals surface area contributed by atoms with E-state index in [4.69, 9.17) is 6.58 Å². The van der Waals surface area contributed by atoms with Gasteiger partial charge in [-0.2, -0.15) is 0 Å². The van der Waals surface area contributed by atoms with Gasteiger partial charge in [-0.1, -0.05) is 26.7 Å². The summed E-state index contributed by atoms with van der Waals surface area (Å²) in [7, 11) is 0. The van der Waals surface area contributed by atoms with Gasteiger partial charge in [0.15, 0.2) is 0 Å². The minimum absolute atomic E-state index is 0. The number of allylic oxidation sites excluding steroid dienone is 1. The van der Waals surface area contributed by atoms with Crippen molar-refractivity contribution in [1.82, 2.24) is 0 Å². The SMILES string of the molecule is [CH-]=C1CCC[C@]2(C)[C@@H]([C@@H](C)CO)CC[C@@H]12.[Y]. The van der Waals surface area contributed by atoms with Gasteiger partial charge in [0.1, 0.15) is 0 Å². The van der Waals surface area contributed by atoms with Crippen molar-refractivity contribution >= 4 is 0 Å². The second kappa shape index (κ2) is 5.63. The van der Waals surface area contributed by atoms with Crippen molar-refractivity contribution in [3.8, 4) is 0 Å². The molecule has 0 spiro atoms. The Labute approximate surface area is 125 Å². The number of aliphatic hydroxyl groups excluding tert-OH is 1. The van der Waals surface area contributed by atoms with Gasteiger partial charge in [0.05, 0.1) is 0 Å². The molecule has 89 valence electrons. The molecule has 0 aromatic rings. The molecule has 0 saturated heterocycles. The summed E-state index contributed by atoms with van der Waals surface area (Å²) >= 11 is 0. The Morgan fingerprint density at radius 1 is 1.50 bits per heavy atom. The zero-order valence-electron chi connectivity index (χ0n) is 10.6. The summed E-state index contributed by atoms with van der Waals surface area (Å²) in [6.45, 7) is 11.1. The van der Waals surface area contributed by atoms with E-state index in [2.05, 4.69) is 13.8 Å². The zero-order chi connectivity index (χ0) is 11.1. The van der Waals surface area contributed by atoms with Crippen molar-refractivity contribution in [2.45, 2.75) is 46.0 Å². The van der Waals surface area contributed by atoms with Gasteiger partial charge in [-0.25, -0.2) is 0 Å². The number of hydrogen-bond donors (Lipinski definition) is 1. The number of rotatable bonds is 2. The summed E-state index contributed by atoms with van der Waals surface area (Å²) in [5.41, 5.74) is 1.61. The second-order valence-electron chi connectivity index (χ2n) is 5.83. The molecule has 16 heavy (non-hydrogen) atoms. The Morgan fingerprint density at radius 3 is 2.81 bits per heavy atom. The van der Waals surface area contributed by atoms with E-state index < -0.39 is 0 Å². The predicted molar refractivity (Wildman–Crippen MR) is 62.2 cm³/mol. The molecule has 0 aromatic carbocycles. The molecule has 0 bridgehead atoms. The van der Waals surface area contributed by atoms with Crippen LogP contribution in [0.2, 0.25) is 0 Å². The molecule has 2 aliphatic rings. The molecule has 2 saturated carbocycles. The summed E-state index contributed by atoms with van der Waals surface area (Å²) in [4.78, 5) is 0. The fourth-order valence-electron chi connectivity index (χ4n) is 4.14. The summed E-state index contributed by atoms with van der Waals surface area (Å²) < 4.78 is 0. The minimum atomic E-state index is 0. The second-order valence-corrected chi connectivity index (χ2v) is 5.83. The van der Waals surface area contributed by atoms with E-state index in [1.54, 1.807) is 0 Å². The number of aliphatic hydroxyl groups is 1. The zero-order valence-corrected chi connectivity index (χ0v) is 13.4. The van der Waals surface area contributed by atoms with Crippen molar-refractivity contribution in [1.29, 1.82) is 0 Å². The maximum Gasteiger partial charge on any atom is 0.0459 e. The molecular formula is C14H23OY-. The van der Waals surface area contributed by atoms with E-state index in [-0.39, 0.29) is 32.7 Å². The molecule has 0 unspecified atom stereocenters. The predicted octanol–water partition coefficient (Wildman–Crippen LogP) is 3.19. The maximum absolute atomic E-state index is 9.33. The van der Waals surface area contributed by atoms with Crippen LogP contribution in [0.25, 0.3) is 0 Å². The Kier molecular flexibility index (Phi) is 5.23. The van der Waals surface area contributed by atoms with Gasteiger partial charge in [-0.15, -0.1) is 0 Å². The van der Waals surface area contributed by atoms with Crippen LogP contribution in [0.1, 0.15) is 46.0 Å². The fraction of sp³-hybridized carbons (Fsp3) is 0.857. The van der Waals surface area contributed by atoms with Crippen LogP contribution in [0.5, 0.6) is 0 Å². The van der Waals surface area contributed by atoms with E-state index in [9.17, 15) is 5.11 Å². The van der Waals surface area contributed by atoms with Crippen LogP contribution in [-0.2, 0) is 32.7 Å². The molecule has 2 heteroatoms. The van der Waals surface area contributed by atoms with Gasteiger partial charge in [-0.3, -0.25) is 5.57 Å². The average Bonchev–Trinajstić information content (AvgIpc) is 2.56. The first-order valence-corrected chi connectivity index (χ1v) is 6.31. The van der Waals surface area contributed by atoms with E-state index in [0.717, 1.165) is 6.42 Å². The van der Waals surface area contributed by atoms with Gasteiger partial charge in [0, 0.05) is 39.3 Å². The first-order valence-electron chi connectivity index (χ1n) is 6.31. The van der Waals surface area contributed by atoms with Crippen LogP contribution in [0, 0.1) is 29.7 Å². The third-order valence-corrected chi connectivity index (χ3v) is 5.01. The van der Waals surface area contributed by atoms with Crippen LogP contribution in [0.15, 0.2) is 5.57 Å². The Bertz CT molecular complexity index is 263. The van der Waals surface area contributed by atoms with E-state index in [0.29, 0.717) is 29.8 Å². The Hall–Kier alpha value is 0.804. The van der Waals surface area contributed by atoms with Gasteiger partial charge >= 0.3 is 0 Å². The quantitative estimate of drug-likeness (QED) is 0.776. The monoisotopic (exact) mass is 296 g/mol. The molecule has 2 aliphatic carbocycles. The Morgan fingerprint density at radius 2 is 2.19 bits per heavy atom. The molecule has 0 heterocycles. The van der Waals surface area contributed by atoms with Crippen LogP contribution >= 0.6 is 0 Å². The van der Waals surface area contributed by atoms with Crippen LogP contribution in [0.4, 0.5) is 0 Å². The van der Waals surface area contributed by atoms with Crippen LogP contribution < -0.4 is 0 Å². The molecule has 0 amide bonds. The minimum Gasteiger partial charge on any atom is -0.514 e. The van der Waals surface area contributed by atoms with Crippen molar-refractivity contribution < 1.29 is 37.8 Å². The molecule has 2 rings (SSSR count). The summed E-state index contributed by atoms with van der Waals surface area (Å²) in [6.07, 6.45) is 6.17. The van der Waals surface area contributed by atoms with Crippen molar-refractivity contribution in [2.24, 2.45) is 23.2 Å². The van der Waals surface area contributed by atoms with E-state index in [1.807, 2.05) is 0 Å². The molecule has 0 aliphatic heterocycles. The molecule has 1 N–H and O–H groups in total. The molecule has 0 aromatic heterocycles. The standard InChI is InChI=1S/C14H23O.Y/c1-10-5-4-8-14(3)12(10)6-7-13(14)11(2)9-15;/h1,11-13,15H,4-9H2,2-3H3;/q-1;/t11-,12-,13+,14-;/m0./s1. The molecule has 1 nitrogen and oxygen atoms in total. The van der Waals surface area contributed by atoms with E-state index >= 15 is 0 Å². The van der Waals surface area contributed by atoms with Gasteiger partial charge in [0.2, 0.25) is 0 Å². The number of hydrogen-bond acceptors (Lipinski definition) is 1. The summed E-state index contributed by atoms with van der Waals surface area (Å²) in [5, 5.41) is 9.33. The van der Waals surface area contributed by atoms with Crippen LogP contribution in [-0.4, -0.2) is 11.7 Å². The summed E-state index contributed by atoms with van der Waals surface area (Å²) in [5.74, 6) is 1.74.